The van der Waals surface area contributed by atoms with Crippen LogP contribution in [0.25, 0.3) is 4.96 Å². The number of thiazole rings is 1. The Bertz CT molecular complexity index is 873. The first kappa shape index (κ1) is 16.8. The molecule has 0 bridgehead atoms. The highest BCUT2D eigenvalue weighted by Gasteiger charge is 2.18. The molecule has 0 fully saturated rings. The summed E-state index contributed by atoms with van der Waals surface area (Å²) in [4.78, 5) is 19.8. The number of aryl methyl sites for hydroxylation is 1. The van der Waals surface area contributed by atoms with Gasteiger partial charge in [0, 0.05) is 36.3 Å². The van der Waals surface area contributed by atoms with Crippen LogP contribution in [0.15, 0.2) is 46.6 Å². The molecule has 0 spiro atoms. The van der Waals surface area contributed by atoms with Crippen molar-refractivity contribution in [1.82, 2.24) is 14.3 Å². The van der Waals surface area contributed by atoms with Crippen LogP contribution in [0, 0.1) is 6.92 Å². The maximum absolute atomic E-state index is 12.3. The molecular weight excluding hydrogens is 322 g/mol. The molecule has 126 valence electrons. The first-order valence-electron chi connectivity index (χ1n) is 7.93. The van der Waals surface area contributed by atoms with E-state index in [9.17, 15) is 9.90 Å². The minimum absolute atomic E-state index is 0.0411. The van der Waals surface area contributed by atoms with E-state index in [-0.39, 0.29) is 18.2 Å². The van der Waals surface area contributed by atoms with Gasteiger partial charge < -0.3 is 5.11 Å². The summed E-state index contributed by atoms with van der Waals surface area (Å²) >= 11 is 1.48. The Morgan fingerprint density at radius 1 is 1.33 bits per heavy atom. The molecule has 2 aromatic heterocycles. The molecule has 0 amide bonds. The third kappa shape index (κ3) is 3.40. The molecule has 0 aliphatic carbocycles. The van der Waals surface area contributed by atoms with E-state index in [1.165, 1.54) is 11.3 Å². The standard InChI is InChI=1S/C18H21N3O2S/c1-13-12-24-18-19-15(10-17(23)21(13)18)11-20(2)16(8-9-22)14-6-4-3-5-7-14/h3-7,10,12,16,22H,8-9,11H2,1-2H3. The molecule has 1 atom stereocenters. The fourth-order valence-electron chi connectivity index (χ4n) is 2.99. The van der Waals surface area contributed by atoms with E-state index in [1.807, 2.05) is 37.6 Å². The second kappa shape index (κ2) is 7.25. The maximum Gasteiger partial charge on any atom is 0.259 e. The van der Waals surface area contributed by atoms with Gasteiger partial charge in [-0.25, -0.2) is 4.98 Å². The normalized spacial score (nSPS) is 12.8. The molecule has 0 saturated carbocycles. The van der Waals surface area contributed by atoms with Crippen LogP contribution >= 0.6 is 11.3 Å². The van der Waals surface area contributed by atoms with Crippen LogP contribution in [0.3, 0.4) is 0 Å². The molecule has 0 saturated heterocycles. The van der Waals surface area contributed by atoms with Gasteiger partial charge in [-0.3, -0.25) is 14.1 Å². The predicted molar refractivity (Wildman–Crippen MR) is 96.4 cm³/mol. The molecule has 0 aliphatic heterocycles. The number of hydrogen-bond acceptors (Lipinski definition) is 5. The lowest BCUT2D eigenvalue weighted by Gasteiger charge is -2.27. The topological polar surface area (TPSA) is 57.8 Å². The molecule has 3 aromatic rings. The van der Waals surface area contributed by atoms with Crippen molar-refractivity contribution in [3.63, 3.8) is 0 Å². The van der Waals surface area contributed by atoms with Gasteiger partial charge >= 0.3 is 0 Å². The summed E-state index contributed by atoms with van der Waals surface area (Å²) in [6.07, 6.45) is 0.639. The van der Waals surface area contributed by atoms with Crippen molar-refractivity contribution in [3.8, 4) is 0 Å². The summed E-state index contributed by atoms with van der Waals surface area (Å²) in [5.74, 6) is 0. The van der Waals surface area contributed by atoms with Gasteiger partial charge in [-0.2, -0.15) is 0 Å². The lowest BCUT2D eigenvalue weighted by molar-refractivity contribution is 0.178. The van der Waals surface area contributed by atoms with Gasteiger partial charge in [0.25, 0.3) is 5.56 Å². The molecule has 0 aliphatic rings. The monoisotopic (exact) mass is 343 g/mol. The van der Waals surface area contributed by atoms with E-state index in [4.69, 9.17) is 0 Å². The minimum Gasteiger partial charge on any atom is -0.396 e. The molecule has 5 nitrogen and oxygen atoms in total. The minimum atomic E-state index is -0.0411. The smallest absolute Gasteiger partial charge is 0.259 e. The second-order valence-corrected chi connectivity index (χ2v) is 6.77. The number of rotatable bonds is 6. The van der Waals surface area contributed by atoms with Crippen LogP contribution in [-0.2, 0) is 6.54 Å². The third-order valence-corrected chi connectivity index (χ3v) is 5.10. The number of benzene rings is 1. The van der Waals surface area contributed by atoms with Gasteiger partial charge in [-0.05, 0) is 26.0 Å². The van der Waals surface area contributed by atoms with Gasteiger partial charge in [-0.1, -0.05) is 30.3 Å². The van der Waals surface area contributed by atoms with Crippen LogP contribution in [0.4, 0.5) is 0 Å². The van der Waals surface area contributed by atoms with E-state index in [2.05, 4.69) is 22.0 Å². The van der Waals surface area contributed by atoms with Crippen LogP contribution in [-0.4, -0.2) is 33.0 Å². The Morgan fingerprint density at radius 3 is 2.79 bits per heavy atom. The lowest BCUT2D eigenvalue weighted by Crippen LogP contribution is -2.27. The molecule has 1 aromatic carbocycles. The fraction of sp³-hybridized carbons (Fsp3) is 0.333. The van der Waals surface area contributed by atoms with Gasteiger partial charge in [0.05, 0.1) is 5.69 Å². The Balaban J connectivity index is 1.87. The summed E-state index contributed by atoms with van der Waals surface area (Å²) in [5.41, 5.74) is 2.78. The van der Waals surface area contributed by atoms with Crippen molar-refractivity contribution in [2.24, 2.45) is 0 Å². The molecule has 6 heteroatoms. The number of aliphatic hydroxyl groups excluding tert-OH is 1. The first-order valence-corrected chi connectivity index (χ1v) is 8.81. The molecule has 3 rings (SSSR count). The van der Waals surface area contributed by atoms with Crippen LogP contribution in [0.5, 0.6) is 0 Å². The SMILES string of the molecule is Cc1csc2nc(CN(C)C(CCO)c3ccccc3)cc(=O)n12. The van der Waals surface area contributed by atoms with Gasteiger partial charge in [0.1, 0.15) is 0 Å². The number of hydrogen-bond donors (Lipinski definition) is 1. The summed E-state index contributed by atoms with van der Waals surface area (Å²) < 4.78 is 1.64. The van der Waals surface area contributed by atoms with Crippen molar-refractivity contribution < 1.29 is 5.11 Å². The molecule has 1 N–H and O–H groups in total. The lowest BCUT2D eigenvalue weighted by atomic mass is 10.0. The van der Waals surface area contributed by atoms with E-state index < -0.39 is 0 Å². The molecule has 1 unspecified atom stereocenters. The number of aromatic nitrogens is 2. The van der Waals surface area contributed by atoms with Crippen molar-refractivity contribution in [2.45, 2.75) is 25.9 Å². The Kier molecular flexibility index (Phi) is 5.08. The third-order valence-electron chi connectivity index (χ3n) is 4.16. The Hall–Kier alpha value is -2.02. The van der Waals surface area contributed by atoms with Crippen molar-refractivity contribution >= 4 is 16.3 Å². The predicted octanol–water partition coefficient (Wildman–Crippen LogP) is 2.62. The zero-order chi connectivity index (χ0) is 17.1. The molecule has 24 heavy (non-hydrogen) atoms. The zero-order valence-electron chi connectivity index (χ0n) is 13.8. The zero-order valence-corrected chi connectivity index (χ0v) is 14.7. The summed E-state index contributed by atoms with van der Waals surface area (Å²) in [6, 6.07) is 11.8. The average Bonchev–Trinajstić information content (AvgIpc) is 2.94. The fourth-order valence-corrected chi connectivity index (χ4v) is 3.88. The number of fused-ring (bicyclic) bond motifs is 1. The van der Waals surface area contributed by atoms with Crippen LogP contribution in [0.2, 0.25) is 0 Å². The second-order valence-electron chi connectivity index (χ2n) is 5.93. The van der Waals surface area contributed by atoms with E-state index in [0.717, 1.165) is 21.9 Å². The van der Waals surface area contributed by atoms with Crippen molar-refractivity contribution in [1.29, 1.82) is 0 Å². The van der Waals surface area contributed by atoms with Gasteiger partial charge in [0.2, 0.25) is 0 Å². The molecular formula is C18H21N3O2S. The summed E-state index contributed by atoms with van der Waals surface area (Å²) in [7, 11) is 2.00. The summed E-state index contributed by atoms with van der Waals surface area (Å²) in [5, 5.41) is 11.3. The van der Waals surface area contributed by atoms with E-state index in [0.29, 0.717) is 13.0 Å². The highest BCUT2D eigenvalue weighted by Crippen LogP contribution is 2.24. The Morgan fingerprint density at radius 2 is 2.08 bits per heavy atom. The van der Waals surface area contributed by atoms with E-state index in [1.54, 1.807) is 10.5 Å². The average molecular weight is 343 g/mol. The van der Waals surface area contributed by atoms with Crippen molar-refractivity contribution in [2.75, 3.05) is 13.7 Å². The Labute approximate surface area is 144 Å². The highest BCUT2D eigenvalue weighted by molar-refractivity contribution is 7.15. The van der Waals surface area contributed by atoms with Crippen LogP contribution in [0.1, 0.15) is 29.4 Å². The van der Waals surface area contributed by atoms with E-state index >= 15 is 0 Å². The number of aliphatic hydroxyl groups is 1. The summed E-state index contributed by atoms with van der Waals surface area (Å²) in [6.45, 7) is 2.58. The quantitative estimate of drug-likeness (QED) is 0.747. The largest absolute Gasteiger partial charge is 0.396 e. The van der Waals surface area contributed by atoms with Crippen molar-refractivity contribution in [3.05, 3.63) is 69.1 Å². The molecule has 2 heterocycles. The molecule has 0 radical (unpaired) electrons. The number of nitrogens with zero attached hydrogens (tertiary/aromatic N) is 3. The first-order chi connectivity index (χ1) is 11.6. The highest BCUT2D eigenvalue weighted by atomic mass is 32.1. The van der Waals surface area contributed by atoms with Gasteiger partial charge in [-0.15, -0.1) is 11.3 Å². The van der Waals surface area contributed by atoms with Gasteiger partial charge in [0.15, 0.2) is 4.96 Å². The van der Waals surface area contributed by atoms with Crippen LogP contribution < -0.4 is 5.56 Å². The maximum atomic E-state index is 12.3.